The molecule has 1 amide bonds. The van der Waals surface area contributed by atoms with Crippen molar-refractivity contribution in [3.05, 3.63) is 76.7 Å². The summed E-state index contributed by atoms with van der Waals surface area (Å²) in [7, 11) is 0. The maximum Gasteiger partial charge on any atom is 0.254 e. The molecule has 0 spiro atoms. The number of nitriles is 2. The Labute approximate surface area is 249 Å². The van der Waals surface area contributed by atoms with Crippen LogP contribution < -0.4 is 10.6 Å². The summed E-state index contributed by atoms with van der Waals surface area (Å²) >= 11 is 0. The Morgan fingerprint density at radius 2 is 1.91 bits per heavy atom. The number of nitrogens with zero attached hydrogens (tertiary/aromatic N) is 7. The fourth-order valence-electron chi connectivity index (χ4n) is 5.16. The van der Waals surface area contributed by atoms with Crippen LogP contribution in [0.15, 0.2) is 48.8 Å². The van der Waals surface area contributed by atoms with Gasteiger partial charge in [0, 0.05) is 29.4 Å². The van der Waals surface area contributed by atoms with Crippen LogP contribution in [-0.2, 0) is 0 Å². The van der Waals surface area contributed by atoms with Crippen LogP contribution in [0.25, 0.3) is 10.9 Å². The number of hydrogen-bond donors (Lipinski definition) is 2. The molecule has 1 saturated carbocycles. The zero-order valence-corrected chi connectivity index (χ0v) is 24.3. The second-order valence-electron chi connectivity index (χ2n) is 12.5. The first-order valence-electron chi connectivity index (χ1n) is 14.4. The number of rotatable bonds is 8. The van der Waals surface area contributed by atoms with Gasteiger partial charge in [0.05, 0.1) is 53.7 Å². The molecule has 1 saturated heterocycles. The number of aromatic nitrogens is 4. The van der Waals surface area contributed by atoms with Gasteiger partial charge in [0.1, 0.15) is 24.0 Å². The number of pyridine rings is 1. The molecule has 0 radical (unpaired) electrons. The smallest absolute Gasteiger partial charge is 0.254 e. The largest absolute Gasteiger partial charge is 0.383 e. The molecule has 3 heterocycles. The van der Waals surface area contributed by atoms with Gasteiger partial charge < -0.3 is 15.5 Å². The van der Waals surface area contributed by atoms with Gasteiger partial charge in [-0.25, -0.2) is 9.07 Å². The van der Waals surface area contributed by atoms with Crippen molar-refractivity contribution < 1.29 is 9.18 Å². The minimum atomic E-state index is -0.986. The molecule has 0 unspecified atom stereocenters. The molecule has 1 atom stereocenters. The molecule has 2 aromatic carbocycles. The summed E-state index contributed by atoms with van der Waals surface area (Å²) in [6, 6.07) is 15.1. The Morgan fingerprint density at radius 1 is 1.14 bits per heavy atom. The van der Waals surface area contributed by atoms with E-state index in [2.05, 4.69) is 58.8 Å². The number of halogens is 1. The Balaban J connectivity index is 1.42. The van der Waals surface area contributed by atoms with Crippen LogP contribution in [0.1, 0.15) is 78.4 Å². The fraction of sp³-hybridized carbons (Fsp3) is 0.375. The quantitative estimate of drug-likeness (QED) is 0.286. The van der Waals surface area contributed by atoms with Crippen molar-refractivity contribution in [2.45, 2.75) is 51.9 Å². The molecule has 0 bridgehead atoms. The van der Waals surface area contributed by atoms with E-state index in [1.807, 2.05) is 23.0 Å². The summed E-state index contributed by atoms with van der Waals surface area (Å²) in [4.78, 5) is 19.0. The predicted octanol–water partition coefficient (Wildman–Crippen LogP) is 5.36. The summed E-state index contributed by atoms with van der Waals surface area (Å²) in [5.41, 5.74) is 4.28. The van der Waals surface area contributed by atoms with E-state index >= 15 is 0 Å². The van der Waals surface area contributed by atoms with Crippen LogP contribution in [0.2, 0.25) is 0 Å². The van der Waals surface area contributed by atoms with Gasteiger partial charge in [-0.3, -0.25) is 9.78 Å². The molecule has 11 heteroatoms. The average molecular weight is 578 g/mol. The van der Waals surface area contributed by atoms with E-state index in [9.17, 15) is 19.7 Å². The van der Waals surface area contributed by atoms with Crippen LogP contribution in [0.4, 0.5) is 15.8 Å². The Morgan fingerprint density at radius 3 is 2.58 bits per heavy atom. The summed E-state index contributed by atoms with van der Waals surface area (Å²) in [6.45, 7) is 7.09. The SMILES string of the molecule is CC(C)(C)CNc1c(C#N)cnc2c(C#N)cc(N[C@@H](c3cccc(C(=O)N4CC(F)C4)c3)c3cn(C4CC4)nn3)cc12. The summed E-state index contributed by atoms with van der Waals surface area (Å²) in [6.07, 6.45) is 4.51. The molecule has 2 N–H and O–H groups in total. The molecule has 2 aromatic heterocycles. The van der Waals surface area contributed by atoms with Crippen molar-refractivity contribution in [2.75, 3.05) is 30.3 Å². The second kappa shape index (κ2) is 11.0. The first-order valence-corrected chi connectivity index (χ1v) is 14.4. The van der Waals surface area contributed by atoms with Crippen molar-refractivity contribution >= 4 is 28.2 Å². The Bertz CT molecular complexity index is 1790. The predicted molar refractivity (Wildman–Crippen MR) is 160 cm³/mol. The number of nitrogens with one attached hydrogen (secondary N) is 2. The molecule has 43 heavy (non-hydrogen) atoms. The maximum atomic E-state index is 13.5. The normalized spacial score (nSPS) is 15.8. The van der Waals surface area contributed by atoms with E-state index in [1.165, 1.54) is 11.1 Å². The molecule has 4 aromatic rings. The number of alkyl halides is 1. The summed E-state index contributed by atoms with van der Waals surface area (Å²) in [5, 5.41) is 36.4. The number of anilines is 2. The van der Waals surface area contributed by atoms with Crippen LogP contribution >= 0.6 is 0 Å². The van der Waals surface area contributed by atoms with Gasteiger partial charge in [-0.2, -0.15) is 10.5 Å². The van der Waals surface area contributed by atoms with Crippen molar-refractivity contribution in [3.63, 3.8) is 0 Å². The number of benzene rings is 2. The summed E-state index contributed by atoms with van der Waals surface area (Å²) < 4.78 is 15.3. The molecule has 1 aliphatic heterocycles. The fourth-order valence-corrected chi connectivity index (χ4v) is 5.16. The monoisotopic (exact) mass is 577 g/mol. The zero-order valence-electron chi connectivity index (χ0n) is 24.3. The van der Waals surface area contributed by atoms with Crippen molar-refractivity contribution in [1.82, 2.24) is 24.9 Å². The van der Waals surface area contributed by atoms with Gasteiger partial charge in [0.2, 0.25) is 0 Å². The number of amides is 1. The Hall–Kier alpha value is -5.03. The average Bonchev–Trinajstić information content (AvgIpc) is 3.72. The highest BCUT2D eigenvalue weighted by Gasteiger charge is 2.32. The van der Waals surface area contributed by atoms with Gasteiger partial charge in [0.15, 0.2) is 0 Å². The standard InChI is InChI=1S/C32H32FN9O/c1-32(2,3)18-37-29-22(13-35)14-36-28-21(12-34)10-24(11-26(28)29)38-30(27-17-42(40-39-27)25-7-8-25)19-5-4-6-20(9-19)31(43)41-15-23(33)16-41/h4-6,9-11,14,17,23,25,30,38H,7-8,15-16,18H2,1-3H3,(H,36,37)/t30-/m0/s1. The van der Waals surface area contributed by atoms with Crippen LogP contribution in [0, 0.1) is 28.1 Å². The maximum absolute atomic E-state index is 13.5. The van der Waals surface area contributed by atoms with E-state index in [0.717, 1.165) is 18.4 Å². The number of carbonyl (C=O) groups is 1. The van der Waals surface area contributed by atoms with Gasteiger partial charge in [-0.05, 0) is 48.1 Å². The highest BCUT2D eigenvalue weighted by Crippen LogP contribution is 2.37. The Kier molecular flexibility index (Phi) is 7.18. The van der Waals surface area contributed by atoms with E-state index in [4.69, 9.17) is 0 Å². The lowest BCUT2D eigenvalue weighted by Gasteiger charge is -2.34. The first-order chi connectivity index (χ1) is 20.6. The third-order valence-corrected chi connectivity index (χ3v) is 7.65. The zero-order chi connectivity index (χ0) is 30.3. The van der Waals surface area contributed by atoms with Gasteiger partial charge in [0.25, 0.3) is 5.91 Å². The lowest BCUT2D eigenvalue weighted by Crippen LogP contribution is -2.51. The van der Waals surface area contributed by atoms with Crippen molar-refractivity contribution in [3.8, 4) is 12.1 Å². The van der Waals surface area contributed by atoms with Gasteiger partial charge >= 0.3 is 0 Å². The van der Waals surface area contributed by atoms with Crippen molar-refractivity contribution in [2.24, 2.45) is 5.41 Å². The van der Waals surface area contributed by atoms with E-state index in [1.54, 1.807) is 24.3 Å². The van der Waals surface area contributed by atoms with Crippen LogP contribution in [0.5, 0.6) is 0 Å². The molecular weight excluding hydrogens is 545 g/mol. The highest BCUT2D eigenvalue weighted by molar-refractivity contribution is 5.99. The van der Waals surface area contributed by atoms with E-state index in [0.29, 0.717) is 57.2 Å². The molecular formula is C32H32FN9O. The molecule has 2 aliphatic rings. The number of carbonyl (C=O) groups excluding carboxylic acids is 1. The molecule has 10 nitrogen and oxygen atoms in total. The molecule has 2 fully saturated rings. The lowest BCUT2D eigenvalue weighted by atomic mass is 9.96. The van der Waals surface area contributed by atoms with Gasteiger partial charge in [-0.15, -0.1) is 5.10 Å². The van der Waals surface area contributed by atoms with E-state index in [-0.39, 0.29) is 24.4 Å². The number of fused-ring (bicyclic) bond motifs is 1. The van der Waals surface area contributed by atoms with Gasteiger partial charge in [-0.1, -0.05) is 38.1 Å². The first kappa shape index (κ1) is 28.1. The molecule has 1 aliphatic carbocycles. The van der Waals surface area contributed by atoms with Crippen molar-refractivity contribution in [1.29, 1.82) is 10.5 Å². The molecule has 218 valence electrons. The lowest BCUT2D eigenvalue weighted by molar-refractivity contribution is 0.0400. The third kappa shape index (κ3) is 5.84. The van der Waals surface area contributed by atoms with Crippen LogP contribution in [-0.4, -0.2) is 56.6 Å². The van der Waals surface area contributed by atoms with Crippen LogP contribution in [0.3, 0.4) is 0 Å². The summed E-state index contributed by atoms with van der Waals surface area (Å²) in [5.74, 6) is -0.224. The topological polar surface area (TPSA) is 136 Å². The third-order valence-electron chi connectivity index (χ3n) is 7.65. The number of likely N-dealkylation sites (tertiary alicyclic amines) is 1. The number of hydrogen-bond acceptors (Lipinski definition) is 8. The minimum Gasteiger partial charge on any atom is -0.383 e. The highest BCUT2D eigenvalue weighted by atomic mass is 19.1. The second-order valence-corrected chi connectivity index (χ2v) is 12.5. The minimum absolute atomic E-state index is 0.0572. The molecule has 6 rings (SSSR count). The van der Waals surface area contributed by atoms with E-state index < -0.39 is 12.2 Å².